The maximum atomic E-state index is 12.4. The summed E-state index contributed by atoms with van der Waals surface area (Å²) in [4.78, 5) is 24.3. The van der Waals surface area contributed by atoms with E-state index in [2.05, 4.69) is 5.43 Å². The number of nitrogens with zero attached hydrogens (tertiary/aromatic N) is 1. The first kappa shape index (κ1) is 19.5. The number of rotatable bonds is 5. The van der Waals surface area contributed by atoms with Crippen LogP contribution in [0.25, 0.3) is 22.8 Å². The van der Waals surface area contributed by atoms with E-state index in [-0.39, 0.29) is 17.2 Å². The molecule has 0 atom stereocenters. The Morgan fingerprint density at radius 3 is 2.52 bits per heavy atom. The lowest BCUT2D eigenvalue weighted by atomic mass is 10.1. The highest BCUT2D eigenvalue weighted by Gasteiger charge is 2.16. The fourth-order valence-corrected chi connectivity index (χ4v) is 3.79. The SMILES string of the molecule is O=C(Cc1ccccc1)Nn1c(-c2ccc(-c3ccc(Cl)c(Cl)c3)o2)csc1=O. The summed E-state index contributed by atoms with van der Waals surface area (Å²) in [7, 11) is 0. The molecule has 4 rings (SSSR count). The maximum Gasteiger partial charge on any atom is 0.326 e. The number of amides is 1. The second-order valence-corrected chi connectivity index (χ2v) is 7.85. The van der Waals surface area contributed by atoms with Crippen molar-refractivity contribution in [2.24, 2.45) is 0 Å². The summed E-state index contributed by atoms with van der Waals surface area (Å²) in [6, 6.07) is 18.0. The van der Waals surface area contributed by atoms with Gasteiger partial charge >= 0.3 is 4.87 Å². The predicted octanol–water partition coefficient (Wildman–Crippen LogP) is 5.46. The molecule has 1 amide bonds. The molecule has 2 heterocycles. The first-order valence-corrected chi connectivity index (χ1v) is 10.2. The molecule has 146 valence electrons. The number of carbonyl (C=O) groups is 1. The van der Waals surface area contributed by atoms with Gasteiger partial charge < -0.3 is 4.42 Å². The summed E-state index contributed by atoms with van der Waals surface area (Å²) < 4.78 is 7.10. The van der Waals surface area contributed by atoms with Gasteiger partial charge in [0.15, 0.2) is 5.76 Å². The Morgan fingerprint density at radius 1 is 1.00 bits per heavy atom. The Morgan fingerprint density at radius 2 is 1.76 bits per heavy atom. The topological polar surface area (TPSA) is 64.2 Å². The zero-order valence-corrected chi connectivity index (χ0v) is 17.2. The quantitative estimate of drug-likeness (QED) is 0.444. The number of nitrogens with one attached hydrogen (secondary N) is 1. The zero-order valence-electron chi connectivity index (χ0n) is 14.9. The molecule has 4 aromatic rings. The van der Waals surface area contributed by atoms with Crippen LogP contribution in [0.5, 0.6) is 0 Å². The minimum atomic E-state index is -0.311. The first-order chi connectivity index (χ1) is 14.0. The van der Waals surface area contributed by atoms with E-state index in [4.69, 9.17) is 27.6 Å². The Labute approximate surface area is 180 Å². The third kappa shape index (κ3) is 4.29. The number of thiazole rings is 1. The van der Waals surface area contributed by atoms with Crippen molar-refractivity contribution in [3.8, 4) is 22.8 Å². The highest BCUT2D eigenvalue weighted by atomic mass is 35.5. The summed E-state index contributed by atoms with van der Waals surface area (Å²) in [5.41, 5.74) is 4.72. The number of carbonyl (C=O) groups excluding carboxylic acids is 1. The number of hydrogen-bond donors (Lipinski definition) is 1. The van der Waals surface area contributed by atoms with Crippen LogP contribution in [0.15, 0.2) is 75.3 Å². The van der Waals surface area contributed by atoms with Crippen LogP contribution in [0.2, 0.25) is 10.0 Å². The molecule has 2 aromatic heterocycles. The number of hydrogen-bond acceptors (Lipinski definition) is 4. The molecule has 0 aliphatic rings. The fraction of sp³-hybridized carbons (Fsp3) is 0.0476. The minimum Gasteiger partial charge on any atom is -0.454 e. The molecule has 29 heavy (non-hydrogen) atoms. The van der Waals surface area contributed by atoms with Crippen LogP contribution in [0.4, 0.5) is 0 Å². The molecule has 5 nitrogen and oxygen atoms in total. The van der Waals surface area contributed by atoms with Gasteiger partial charge in [0, 0.05) is 10.9 Å². The summed E-state index contributed by atoms with van der Waals surface area (Å²) in [5, 5.41) is 2.51. The fourth-order valence-electron chi connectivity index (χ4n) is 2.81. The van der Waals surface area contributed by atoms with Crippen LogP contribution in [0.1, 0.15) is 5.56 Å². The first-order valence-electron chi connectivity index (χ1n) is 8.61. The number of furan rings is 1. The molecule has 2 aromatic carbocycles. The number of benzene rings is 2. The predicted molar refractivity (Wildman–Crippen MR) is 116 cm³/mol. The maximum absolute atomic E-state index is 12.4. The minimum absolute atomic E-state index is 0.162. The van der Waals surface area contributed by atoms with Crippen molar-refractivity contribution in [3.05, 3.63) is 91.3 Å². The van der Waals surface area contributed by atoms with E-state index in [1.807, 2.05) is 30.3 Å². The van der Waals surface area contributed by atoms with Gasteiger partial charge in [0.2, 0.25) is 5.91 Å². The van der Waals surface area contributed by atoms with Crippen LogP contribution in [-0.2, 0) is 11.2 Å². The lowest BCUT2D eigenvalue weighted by Crippen LogP contribution is -2.31. The largest absolute Gasteiger partial charge is 0.454 e. The van der Waals surface area contributed by atoms with Gasteiger partial charge in [-0.05, 0) is 35.9 Å². The molecule has 8 heteroatoms. The summed E-state index contributed by atoms with van der Waals surface area (Å²) >= 11 is 13.0. The van der Waals surface area contributed by atoms with Gasteiger partial charge in [0.05, 0.1) is 16.5 Å². The van der Waals surface area contributed by atoms with E-state index < -0.39 is 0 Å². The molecule has 0 aliphatic heterocycles. The third-order valence-corrected chi connectivity index (χ3v) is 5.67. The summed E-state index contributed by atoms with van der Waals surface area (Å²) in [6.45, 7) is 0. The highest BCUT2D eigenvalue weighted by Crippen LogP contribution is 2.32. The van der Waals surface area contributed by atoms with Crippen LogP contribution in [-0.4, -0.2) is 10.6 Å². The van der Waals surface area contributed by atoms with Crippen molar-refractivity contribution in [3.63, 3.8) is 0 Å². The lowest BCUT2D eigenvalue weighted by molar-refractivity contribution is -0.116. The van der Waals surface area contributed by atoms with Crippen molar-refractivity contribution >= 4 is 40.4 Å². The van der Waals surface area contributed by atoms with E-state index in [0.29, 0.717) is 27.3 Å². The smallest absolute Gasteiger partial charge is 0.326 e. The molecular weight excluding hydrogens is 431 g/mol. The summed E-state index contributed by atoms with van der Waals surface area (Å²) in [6.07, 6.45) is 0.162. The van der Waals surface area contributed by atoms with Gasteiger partial charge in [0.25, 0.3) is 0 Å². The molecule has 0 saturated heterocycles. The Bertz CT molecular complexity index is 1230. The lowest BCUT2D eigenvalue weighted by Gasteiger charge is -2.08. The molecule has 1 N–H and O–H groups in total. The van der Waals surface area contributed by atoms with Gasteiger partial charge in [-0.2, -0.15) is 0 Å². The highest BCUT2D eigenvalue weighted by molar-refractivity contribution is 7.07. The second kappa shape index (κ2) is 8.29. The Kier molecular flexibility index (Phi) is 5.58. The van der Waals surface area contributed by atoms with Crippen LogP contribution < -0.4 is 10.3 Å². The molecular formula is C21H14Cl2N2O3S. The van der Waals surface area contributed by atoms with Crippen molar-refractivity contribution < 1.29 is 9.21 Å². The van der Waals surface area contributed by atoms with Gasteiger partial charge in [-0.25, -0.2) is 4.68 Å². The molecule has 0 unspecified atom stereocenters. The molecule has 0 saturated carbocycles. The molecule has 0 spiro atoms. The van der Waals surface area contributed by atoms with Crippen LogP contribution in [0.3, 0.4) is 0 Å². The van der Waals surface area contributed by atoms with E-state index in [1.54, 1.807) is 35.7 Å². The normalized spacial score (nSPS) is 10.8. The van der Waals surface area contributed by atoms with E-state index in [9.17, 15) is 9.59 Å². The van der Waals surface area contributed by atoms with E-state index in [1.165, 1.54) is 4.68 Å². The molecule has 0 bridgehead atoms. The molecule has 0 radical (unpaired) electrons. The number of halogens is 2. The second-order valence-electron chi connectivity index (χ2n) is 6.21. The Balaban J connectivity index is 1.59. The van der Waals surface area contributed by atoms with Gasteiger partial charge in [-0.15, -0.1) is 0 Å². The van der Waals surface area contributed by atoms with Crippen molar-refractivity contribution in [1.82, 2.24) is 4.68 Å². The Hall–Kier alpha value is -2.80. The van der Waals surface area contributed by atoms with Gasteiger partial charge in [-0.3, -0.25) is 15.0 Å². The van der Waals surface area contributed by atoms with Crippen molar-refractivity contribution in [2.75, 3.05) is 5.43 Å². The monoisotopic (exact) mass is 444 g/mol. The number of aromatic nitrogens is 1. The zero-order chi connectivity index (χ0) is 20.4. The standard InChI is InChI=1S/C21H14Cl2N2O3S/c22-15-7-6-14(11-16(15)23)18-8-9-19(28-18)17-12-29-21(27)25(17)24-20(26)10-13-4-2-1-3-5-13/h1-9,11-12H,10H2,(H,24,26). The van der Waals surface area contributed by atoms with E-state index in [0.717, 1.165) is 22.5 Å². The van der Waals surface area contributed by atoms with Gasteiger partial charge in [-0.1, -0.05) is 64.9 Å². The van der Waals surface area contributed by atoms with Crippen LogP contribution >= 0.6 is 34.5 Å². The van der Waals surface area contributed by atoms with Crippen molar-refractivity contribution in [1.29, 1.82) is 0 Å². The molecule has 0 aliphatic carbocycles. The van der Waals surface area contributed by atoms with Crippen LogP contribution in [0, 0.1) is 0 Å². The summed E-state index contributed by atoms with van der Waals surface area (Å²) in [5.74, 6) is 0.720. The van der Waals surface area contributed by atoms with Crippen molar-refractivity contribution in [2.45, 2.75) is 6.42 Å². The average Bonchev–Trinajstić information content (AvgIpc) is 3.32. The van der Waals surface area contributed by atoms with E-state index >= 15 is 0 Å². The third-order valence-electron chi connectivity index (χ3n) is 4.20. The average molecular weight is 445 g/mol. The molecule has 0 fully saturated rings. The van der Waals surface area contributed by atoms with Gasteiger partial charge in [0.1, 0.15) is 11.5 Å².